The third-order valence-electron chi connectivity index (χ3n) is 5.86. The molecule has 192 valence electrons. The van der Waals surface area contributed by atoms with Crippen molar-refractivity contribution in [1.82, 2.24) is 9.78 Å². The molecule has 1 heterocycles. The normalized spacial score (nSPS) is 10.7. The van der Waals surface area contributed by atoms with Gasteiger partial charge in [-0.25, -0.2) is 4.79 Å². The van der Waals surface area contributed by atoms with E-state index in [1.807, 2.05) is 66.2 Å². The Hall–Kier alpha value is -3.98. The molecule has 4 rings (SSSR count). The van der Waals surface area contributed by atoms with Crippen molar-refractivity contribution in [2.45, 2.75) is 13.5 Å². The number of aryl methyl sites for hydroxylation is 1. The molecule has 0 saturated heterocycles. The molecule has 37 heavy (non-hydrogen) atoms. The number of carboxylic acids is 1. The van der Waals surface area contributed by atoms with E-state index >= 15 is 0 Å². The molecule has 0 atom stereocenters. The molecule has 0 radical (unpaired) electrons. The van der Waals surface area contributed by atoms with Crippen molar-refractivity contribution in [3.63, 3.8) is 0 Å². The fourth-order valence-corrected chi connectivity index (χ4v) is 4.43. The molecule has 0 bridgehead atoms. The Labute approximate surface area is 223 Å². The lowest BCUT2D eigenvalue weighted by Gasteiger charge is -2.15. The monoisotopic (exact) mass is 566 g/mol. The van der Waals surface area contributed by atoms with Crippen molar-refractivity contribution in [3.8, 4) is 45.5 Å². The van der Waals surface area contributed by atoms with Crippen LogP contribution in [-0.2, 0) is 11.3 Å². The number of hydrogen-bond donors (Lipinski definition) is 1. The smallest absolute Gasteiger partial charge is 0.341 e. The molecular weight excluding hydrogens is 540 g/mol. The zero-order valence-corrected chi connectivity index (χ0v) is 22.5. The number of rotatable bonds is 10. The summed E-state index contributed by atoms with van der Waals surface area (Å²) in [6.45, 7) is 1.86. The number of benzene rings is 3. The molecule has 0 aliphatic carbocycles. The van der Waals surface area contributed by atoms with Gasteiger partial charge in [0.1, 0.15) is 11.5 Å². The highest BCUT2D eigenvalue weighted by atomic mass is 79.9. The summed E-state index contributed by atoms with van der Waals surface area (Å²) in [5.41, 5.74) is 4.67. The van der Waals surface area contributed by atoms with Gasteiger partial charge >= 0.3 is 5.97 Å². The third kappa shape index (κ3) is 5.56. The second-order valence-corrected chi connectivity index (χ2v) is 9.06. The van der Waals surface area contributed by atoms with Crippen molar-refractivity contribution in [3.05, 3.63) is 76.3 Å². The Balaban J connectivity index is 1.92. The van der Waals surface area contributed by atoms with Crippen molar-refractivity contribution in [2.75, 3.05) is 27.9 Å². The Morgan fingerprint density at radius 1 is 0.919 bits per heavy atom. The van der Waals surface area contributed by atoms with Crippen LogP contribution < -0.4 is 18.9 Å². The lowest BCUT2D eigenvalue weighted by Crippen LogP contribution is -2.10. The fourth-order valence-electron chi connectivity index (χ4n) is 4.08. The molecule has 1 N–H and O–H groups in total. The van der Waals surface area contributed by atoms with Gasteiger partial charge in [0, 0.05) is 21.2 Å². The maximum absolute atomic E-state index is 11.2. The first kappa shape index (κ1) is 26.1. The molecule has 0 aliphatic rings. The van der Waals surface area contributed by atoms with Crippen LogP contribution >= 0.6 is 15.9 Å². The molecule has 3 aromatic carbocycles. The molecule has 9 heteroatoms. The van der Waals surface area contributed by atoms with Gasteiger partial charge in [-0.1, -0.05) is 40.2 Å². The molecule has 8 nitrogen and oxygen atoms in total. The lowest BCUT2D eigenvalue weighted by molar-refractivity contribution is -0.139. The fraction of sp³-hybridized carbons (Fsp3) is 0.214. The Kier molecular flexibility index (Phi) is 8.03. The molecule has 0 saturated carbocycles. The first-order chi connectivity index (χ1) is 17.9. The van der Waals surface area contributed by atoms with Gasteiger partial charge in [-0.05, 0) is 48.9 Å². The van der Waals surface area contributed by atoms with Crippen LogP contribution in [0.15, 0.2) is 65.1 Å². The summed E-state index contributed by atoms with van der Waals surface area (Å²) in [6, 6.07) is 19.0. The van der Waals surface area contributed by atoms with Gasteiger partial charge in [-0.2, -0.15) is 5.10 Å². The molecule has 0 fully saturated rings. The number of carbonyl (C=O) groups is 1. The summed E-state index contributed by atoms with van der Waals surface area (Å²) in [5, 5.41) is 14.1. The molecule has 0 unspecified atom stereocenters. The lowest BCUT2D eigenvalue weighted by atomic mass is 10.1. The van der Waals surface area contributed by atoms with Crippen LogP contribution in [0.4, 0.5) is 0 Å². The van der Waals surface area contributed by atoms with Gasteiger partial charge in [0.15, 0.2) is 18.1 Å². The SMILES string of the molecule is COc1ccccc1Cn1nc(-c2cc(Br)c(C)cc2OCC(=O)O)cc1-c1cccc(OC)c1OC. The molecule has 1 aromatic heterocycles. The van der Waals surface area contributed by atoms with Crippen molar-refractivity contribution in [2.24, 2.45) is 0 Å². The maximum atomic E-state index is 11.2. The van der Waals surface area contributed by atoms with E-state index in [1.54, 1.807) is 27.4 Å². The van der Waals surface area contributed by atoms with Gasteiger partial charge in [0.05, 0.1) is 39.3 Å². The van der Waals surface area contributed by atoms with Crippen LogP contribution in [0.2, 0.25) is 0 Å². The van der Waals surface area contributed by atoms with Crippen LogP contribution in [0.5, 0.6) is 23.0 Å². The number of para-hydroxylation sites is 2. The number of ether oxygens (including phenoxy) is 4. The van der Waals surface area contributed by atoms with E-state index in [4.69, 9.17) is 24.0 Å². The predicted octanol–water partition coefficient (Wildman–Crippen LogP) is 5.83. The predicted molar refractivity (Wildman–Crippen MR) is 144 cm³/mol. The summed E-state index contributed by atoms with van der Waals surface area (Å²) >= 11 is 3.58. The van der Waals surface area contributed by atoms with E-state index < -0.39 is 12.6 Å². The average Bonchev–Trinajstić information content (AvgIpc) is 3.31. The topological polar surface area (TPSA) is 92.0 Å². The number of carboxylic acid groups (broad SMARTS) is 1. The first-order valence-corrected chi connectivity index (χ1v) is 12.2. The Morgan fingerprint density at radius 3 is 2.35 bits per heavy atom. The summed E-state index contributed by atoms with van der Waals surface area (Å²) in [6.07, 6.45) is 0. The summed E-state index contributed by atoms with van der Waals surface area (Å²) < 4.78 is 25.2. The summed E-state index contributed by atoms with van der Waals surface area (Å²) in [4.78, 5) is 11.2. The van der Waals surface area contributed by atoms with Crippen LogP contribution in [0.1, 0.15) is 11.1 Å². The number of aliphatic carboxylic acids is 1. The maximum Gasteiger partial charge on any atom is 0.341 e. The quantitative estimate of drug-likeness (QED) is 0.258. The highest BCUT2D eigenvalue weighted by Crippen LogP contribution is 2.41. The van der Waals surface area contributed by atoms with Gasteiger partial charge in [0.2, 0.25) is 0 Å². The van der Waals surface area contributed by atoms with Crippen LogP contribution in [0.25, 0.3) is 22.5 Å². The Bertz CT molecular complexity index is 1430. The minimum absolute atomic E-state index is 0.415. The zero-order valence-electron chi connectivity index (χ0n) is 20.9. The number of hydrogen-bond acceptors (Lipinski definition) is 6. The van der Waals surface area contributed by atoms with Crippen LogP contribution in [-0.4, -0.2) is 48.8 Å². The van der Waals surface area contributed by atoms with E-state index in [9.17, 15) is 9.90 Å². The molecule has 4 aromatic rings. The van der Waals surface area contributed by atoms with E-state index in [0.29, 0.717) is 35.1 Å². The summed E-state index contributed by atoms with van der Waals surface area (Å²) in [5.74, 6) is 1.27. The van der Waals surface area contributed by atoms with E-state index in [0.717, 1.165) is 32.6 Å². The molecular formula is C28H27BrN2O6. The van der Waals surface area contributed by atoms with Crippen molar-refractivity contribution < 1.29 is 28.8 Å². The number of aromatic nitrogens is 2. The first-order valence-electron chi connectivity index (χ1n) is 11.4. The van der Waals surface area contributed by atoms with Gasteiger partial charge in [0.25, 0.3) is 0 Å². The van der Waals surface area contributed by atoms with E-state index in [2.05, 4.69) is 15.9 Å². The van der Waals surface area contributed by atoms with Crippen molar-refractivity contribution >= 4 is 21.9 Å². The Morgan fingerprint density at radius 2 is 1.65 bits per heavy atom. The second kappa shape index (κ2) is 11.4. The highest BCUT2D eigenvalue weighted by molar-refractivity contribution is 9.10. The average molecular weight is 567 g/mol. The number of nitrogens with zero attached hydrogens (tertiary/aromatic N) is 2. The third-order valence-corrected chi connectivity index (χ3v) is 6.71. The zero-order chi connectivity index (χ0) is 26.5. The molecule has 0 amide bonds. The molecule has 0 spiro atoms. The second-order valence-electron chi connectivity index (χ2n) is 8.21. The van der Waals surface area contributed by atoms with Crippen molar-refractivity contribution in [1.29, 1.82) is 0 Å². The van der Waals surface area contributed by atoms with Gasteiger partial charge in [-0.15, -0.1) is 0 Å². The van der Waals surface area contributed by atoms with Gasteiger partial charge in [-0.3, -0.25) is 4.68 Å². The highest BCUT2D eigenvalue weighted by Gasteiger charge is 2.21. The van der Waals surface area contributed by atoms with E-state index in [-0.39, 0.29) is 0 Å². The minimum atomic E-state index is -1.06. The van der Waals surface area contributed by atoms with Crippen LogP contribution in [0, 0.1) is 6.92 Å². The standard InChI is InChI=1S/C28H27BrN2O6/c1-17-12-26(37-16-27(32)33)20(13-21(17)29)22-14-23(19-9-7-11-25(35-3)28(19)36-4)31(30-22)15-18-8-5-6-10-24(18)34-2/h5-14H,15-16H2,1-4H3,(H,32,33). The van der Waals surface area contributed by atoms with Gasteiger partial charge < -0.3 is 24.1 Å². The number of halogens is 1. The number of methoxy groups -OCH3 is 3. The largest absolute Gasteiger partial charge is 0.496 e. The van der Waals surface area contributed by atoms with E-state index in [1.165, 1.54) is 0 Å². The van der Waals surface area contributed by atoms with Crippen LogP contribution in [0.3, 0.4) is 0 Å². The summed E-state index contributed by atoms with van der Waals surface area (Å²) in [7, 11) is 4.82. The molecule has 0 aliphatic heterocycles. The minimum Gasteiger partial charge on any atom is -0.496 e.